The van der Waals surface area contributed by atoms with Gasteiger partial charge < -0.3 is 14.2 Å². The minimum absolute atomic E-state index is 0.122. The van der Waals surface area contributed by atoms with Gasteiger partial charge in [0.2, 0.25) is 0 Å². The molecule has 1 aliphatic heterocycles. The lowest BCUT2D eigenvalue weighted by Gasteiger charge is -2.13. The molecule has 2 atom stereocenters. The smallest absolute Gasteiger partial charge is 0.305 e. The molecule has 1 heterocycles. The highest BCUT2D eigenvalue weighted by Gasteiger charge is 2.26. The van der Waals surface area contributed by atoms with Crippen molar-refractivity contribution >= 4 is 11.9 Å². The molecule has 0 saturated carbocycles. The molecule has 0 spiro atoms. The maximum Gasteiger partial charge on any atom is 0.305 e. The summed E-state index contributed by atoms with van der Waals surface area (Å²) in [5.74, 6) is -0.331. The van der Waals surface area contributed by atoms with Crippen LogP contribution in [0, 0.1) is 0 Å². The van der Waals surface area contributed by atoms with E-state index < -0.39 is 0 Å². The van der Waals surface area contributed by atoms with E-state index in [-0.39, 0.29) is 24.1 Å². The summed E-state index contributed by atoms with van der Waals surface area (Å²) in [4.78, 5) is 22.5. The summed E-state index contributed by atoms with van der Waals surface area (Å²) in [5.41, 5.74) is 0. The highest BCUT2D eigenvalue weighted by Crippen LogP contribution is 2.26. The maximum absolute atomic E-state index is 11.2. The van der Waals surface area contributed by atoms with Crippen LogP contribution in [-0.4, -0.2) is 37.4 Å². The van der Waals surface area contributed by atoms with E-state index in [2.05, 4.69) is 0 Å². The normalized spacial score (nSPS) is 22.2. The molecule has 0 unspecified atom stereocenters. The van der Waals surface area contributed by atoms with Crippen LogP contribution in [0.15, 0.2) is 0 Å². The van der Waals surface area contributed by atoms with Crippen LogP contribution in [0.1, 0.15) is 52.4 Å². The van der Waals surface area contributed by atoms with Gasteiger partial charge in [0.1, 0.15) is 0 Å². The second kappa shape index (κ2) is 8.91. The molecule has 1 fully saturated rings. The van der Waals surface area contributed by atoms with Gasteiger partial charge in [0.25, 0.3) is 0 Å². The number of carbonyl (C=O) groups is 2. The van der Waals surface area contributed by atoms with Gasteiger partial charge in [-0.3, -0.25) is 9.59 Å². The number of hydrogen-bond donors (Lipinski definition) is 0. The van der Waals surface area contributed by atoms with E-state index in [1.807, 2.05) is 0 Å². The van der Waals surface area contributed by atoms with Crippen molar-refractivity contribution in [2.24, 2.45) is 0 Å². The van der Waals surface area contributed by atoms with Gasteiger partial charge >= 0.3 is 11.9 Å². The monoisotopic (exact) mass is 272 g/mol. The predicted octanol–water partition coefficient (Wildman–Crippen LogP) is 2.22. The summed E-state index contributed by atoms with van der Waals surface area (Å²) in [6.45, 7) is 4.45. The molecule has 0 aliphatic carbocycles. The van der Waals surface area contributed by atoms with E-state index in [4.69, 9.17) is 14.2 Å². The average Bonchev–Trinajstić information content (AvgIpc) is 2.83. The molecule has 0 bridgehead atoms. The lowest BCUT2D eigenvalue weighted by molar-refractivity contribution is -0.144. The number of esters is 2. The summed E-state index contributed by atoms with van der Waals surface area (Å²) in [7, 11) is 0. The number of hydrogen-bond acceptors (Lipinski definition) is 5. The summed E-state index contributed by atoms with van der Waals surface area (Å²) in [6.07, 6.45) is 4.36. The molecule has 0 N–H and O–H groups in total. The van der Waals surface area contributed by atoms with Gasteiger partial charge in [-0.1, -0.05) is 0 Å². The minimum Gasteiger partial charge on any atom is -0.466 e. The Labute approximate surface area is 114 Å². The number of ether oxygens (including phenoxy) is 3. The van der Waals surface area contributed by atoms with Crippen LogP contribution < -0.4 is 0 Å². The highest BCUT2D eigenvalue weighted by atomic mass is 16.5. The molecule has 5 nitrogen and oxygen atoms in total. The molecule has 1 saturated heterocycles. The van der Waals surface area contributed by atoms with Gasteiger partial charge in [-0.25, -0.2) is 0 Å². The third-order valence-corrected chi connectivity index (χ3v) is 3.15. The van der Waals surface area contributed by atoms with Crippen molar-refractivity contribution < 1.29 is 23.8 Å². The van der Waals surface area contributed by atoms with Crippen LogP contribution in [0.25, 0.3) is 0 Å². The van der Waals surface area contributed by atoms with Crippen molar-refractivity contribution in [3.63, 3.8) is 0 Å². The average molecular weight is 272 g/mol. The highest BCUT2D eigenvalue weighted by molar-refractivity contribution is 5.69. The van der Waals surface area contributed by atoms with E-state index in [0.29, 0.717) is 38.9 Å². The second-order valence-corrected chi connectivity index (χ2v) is 4.64. The SMILES string of the molecule is CCOC(=O)CC[C@@H]1CC[C@H](CCC(=O)OCC)O1. The van der Waals surface area contributed by atoms with Gasteiger partial charge in [0, 0.05) is 12.8 Å². The van der Waals surface area contributed by atoms with Gasteiger partial charge in [0.15, 0.2) is 0 Å². The summed E-state index contributed by atoms with van der Waals surface area (Å²) in [5, 5.41) is 0. The van der Waals surface area contributed by atoms with Crippen molar-refractivity contribution in [2.75, 3.05) is 13.2 Å². The van der Waals surface area contributed by atoms with E-state index in [1.54, 1.807) is 13.8 Å². The Kier molecular flexibility index (Phi) is 7.48. The Balaban J connectivity index is 2.12. The first kappa shape index (κ1) is 16.0. The topological polar surface area (TPSA) is 61.8 Å². The standard InChI is InChI=1S/C14H24O5/c1-3-17-13(15)9-7-11-5-6-12(19-11)8-10-14(16)18-4-2/h11-12H,3-10H2,1-2H3/t11-,12+. The third kappa shape index (κ3) is 6.57. The summed E-state index contributed by atoms with van der Waals surface area (Å²) < 4.78 is 15.6. The van der Waals surface area contributed by atoms with Crippen molar-refractivity contribution in [1.29, 1.82) is 0 Å². The Bertz CT molecular complexity index is 262. The predicted molar refractivity (Wildman–Crippen MR) is 69.6 cm³/mol. The first-order valence-electron chi connectivity index (χ1n) is 7.12. The first-order chi connectivity index (χ1) is 9.15. The zero-order valence-corrected chi connectivity index (χ0v) is 11.9. The van der Waals surface area contributed by atoms with Gasteiger partial charge in [0.05, 0.1) is 25.4 Å². The molecule has 1 aliphatic rings. The molecule has 0 amide bonds. The van der Waals surface area contributed by atoms with Gasteiger partial charge in [-0.2, -0.15) is 0 Å². The van der Waals surface area contributed by atoms with E-state index >= 15 is 0 Å². The quantitative estimate of drug-likeness (QED) is 0.634. The van der Waals surface area contributed by atoms with E-state index in [9.17, 15) is 9.59 Å². The summed E-state index contributed by atoms with van der Waals surface area (Å²) >= 11 is 0. The lowest BCUT2D eigenvalue weighted by Crippen LogP contribution is -2.15. The fourth-order valence-electron chi connectivity index (χ4n) is 2.23. The second-order valence-electron chi connectivity index (χ2n) is 4.64. The van der Waals surface area contributed by atoms with Crippen molar-refractivity contribution in [1.82, 2.24) is 0 Å². The van der Waals surface area contributed by atoms with Crippen LogP contribution >= 0.6 is 0 Å². The molecule has 0 radical (unpaired) electrons. The Morgan fingerprint density at radius 1 is 0.947 bits per heavy atom. The largest absolute Gasteiger partial charge is 0.466 e. The van der Waals surface area contributed by atoms with E-state index in [0.717, 1.165) is 12.8 Å². The number of carbonyl (C=O) groups excluding carboxylic acids is 2. The molecular formula is C14H24O5. The molecule has 1 rings (SSSR count). The third-order valence-electron chi connectivity index (χ3n) is 3.15. The zero-order valence-electron chi connectivity index (χ0n) is 11.9. The van der Waals surface area contributed by atoms with Crippen LogP contribution in [0.5, 0.6) is 0 Å². The number of rotatable bonds is 8. The van der Waals surface area contributed by atoms with Crippen LogP contribution in [0.4, 0.5) is 0 Å². The molecular weight excluding hydrogens is 248 g/mol. The fourth-order valence-corrected chi connectivity index (χ4v) is 2.23. The van der Waals surface area contributed by atoms with Crippen LogP contribution in [0.2, 0.25) is 0 Å². The molecule has 19 heavy (non-hydrogen) atoms. The first-order valence-corrected chi connectivity index (χ1v) is 7.12. The van der Waals surface area contributed by atoms with Gasteiger partial charge in [-0.05, 0) is 39.5 Å². The Morgan fingerprint density at radius 3 is 1.74 bits per heavy atom. The van der Waals surface area contributed by atoms with Gasteiger partial charge in [-0.15, -0.1) is 0 Å². The molecule has 5 heteroatoms. The van der Waals surface area contributed by atoms with Crippen molar-refractivity contribution in [3.05, 3.63) is 0 Å². The Hall–Kier alpha value is -1.10. The molecule has 0 aromatic heterocycles. The molecule has 110 valence electrons. The van der Waals surface area contributed by atoms with Crippen molar-refractivity contribution in [3.8, 4) is 0 Å². The molecule has 0 aromatic rings. The van der Waals surface area contributed by atoms with Crippen LogP contribution in [0.3, 0.4) is 0 Å². The fraction of sp³-hybridized carbons (Fsp3) is 0.857. The molecule has 0 aromatic carbocycles. The van der Waals surface area contributed by atoms with Crippen LogP contribution in [-0.2, 0) is 23.8 Å². The van der Waals surface area contributed by atoms with E-state index in [1.165, 1.54) is 0 Å². The minimum atomic E-state index is -0.166. The van der Waals surface area contributed by atoms with Crippen molar-refractivity contribution in [2.45, 2.75) is 64.6 Å². The summed E-state index contributed by atoms with van der Waals surface area (Å²) in [6, 6.07) is 0. The Morgan fingerprint density at radius 2 is 1.37 bits per heavy atom. The zero-order chi connectivity index (χ0) is 14.1. The maximum atomic E-state index is 11.2. The lowest BCUT2D eigenvalue weighted by atomic mass is 10.1.